The Morgan fingerprint density at radius 3 is 2.21 bits per heavy atom. The molecule has 7 nitrogen and oxygen atoms in total. The highest BCUT2D eigenvalue weighted by Gasteiger charge is 2.34. The Hall–Kier alpha value is -2.31. The van der Waals surface area contributed by atoms with Gasteiger partial charge in [-0.3, -0.25) is 20.2 Å². The number of ether oxygens (including phenoxy) is 1. The second-order valence-corrected chi connectivity index (χ2v) is 4.98. The number of nitrogens with zero attached hydrogens (tertiary/aromatic N) is 1. The molecule has 2 heterocycles. The molecule has 2 N–H and O–H groups in total. The van der Waals surface area contributed by atoms with Crippen LogP contribution in [0, 0.1) is 0 Å². The van der Waals surface area contributed by atoms with Crippen molar-refractivity contribution in [2.45, 2.75) is 19.4 Å². The van der Waals surface area contributed by atoms with E-state index in [1.165, 1.54) is 6.08 Å². The fraction of sp³-hybridized carbons (Fsp3) is 0.417. The Kier molecular flexibility index (Phi) is 3.05. The summed E-state index contributed by atoms with van der Waals surface area (Å²) in [5, 5.41) is 4.00. The van der Waals surface area contributed by atoms with Crippen LogP contribution in [0.1, 0.15) is 13.8 Å². The first-order valence-corrected chi connectivity index (χ1v) is 5.76. The zero-order valence-electron chi connectivity index (χ0n) is 10.9. The van der Waals surface area contributed by atoms with Crippen molar-refractivity contribution in [2.24, 2.45) is 0 Å². The van der Waals surface area contributed by atoms with Gasteiger partial charge in [0.2, 0.25) is 0 Å². The van der Waals surface area contributed by atoms with Gasteiger partial charge in [-0.25, -0.2) is 4.79 Å². The average Bonchev–Trinajstić information content (AvgIpc) is 2.54. The molecule has 0 aromatic heterocycles. The molecule has 0 unspecified atom stereocenters. The molecule has 0 radical (unpaired) electrons. The Labute approximate surface area is 110 Å². The van der Waals surface area contributed by atoms with Gasteiger partial charge in [0.1, 0.15) is 12.2 Å². The Balaban J connectivity index is 2.21. The number of hydrogen-bond acceptors (Lipinski definition) is 5. The van der Waals surface area contributed by atoms with Crippen molar-refractivity contribution in [3.63, 3.8) is 0 Å². The predicted octanol–water partition coefficient (Wildman–Crippen LogP) is -0.139. The van der Waals surface area contributed by atoms with Crippen LogP contribution >= 0.6 is 0 Å². The van der Waals surface area contributed by atoms with Crippen LogP contribution in [0.15, 0.2) is 23.6 Å². The summed E-state index contributed by atoms with van der Waals surface area (Å²) >= 11 is 0. The van der Waals surface area contributed by atoms with Crippen LogP contribution in [0.3, 0.4) is 0 Å². The molecular formula is C12H15N3O4. The highest BCUT2D eigenvalue weighted by Crippen LogP contribution is 2.27. The molecule has 102 valence electrons. The largest absolute Gasteiger partial charge is 0.477 e. The van der Waals surface area contributed by atoms with Gasteiger partial charge < -0.3 is 9.64 Å². The van der Waals surface area contributed by atoms with Crippen LogP contribution in [0.5, 0.6) is 0 Å². The van der Waals surface area contributed by atoms with E-state index in [0.29, 0.717) is 12.5 Å². The maximum atomic E-state index is 11.5. The highest BCUT2D eigenvalue weighted by atomic mass is 16.5. The quantitative estimate of drug-likeness (QED) is 0.509. The number of carbonyl (C=O) groups excluding carboxylic acids is 3. The van der Waals surface area contributed by atoms with Crippen LogP contribution in [-0.4, -0.2) is 41.9 Å². The van der Waals surface area contributed by atoms with Crippen molar-refractivity contribution in [1.29, 1.82) is 0 Å². The minimum Gasteiger partial charge on any atom is -0.477 e. The summed E-state index contributed by atoms with van der Waals surface area (Å²) in [4.78, 5) is 35.8. The first-order valence-electron chi connectivity index (χ1n) is 5.76. The van der Waals surface area contributed by atoms with Gasteiger partial charge in [-0.15, -0.1) is 0 Å². The van der Waals surface area contributed by atoms with Gasteiger partial charge in [-0.1, -0.05) is 0 Å². The van der Waals surface area contributed by atoms with E-state index < -0.39 is 17.8 Å². The van der Waals surface area contributed by atoms with Gasteiger partial charge in [0.15, 0.2) is 5.88 Å². The number of rotatable bonds is 1. The number of allylic oxidation sites excluding steroid dienone is 2. The first kappa shape index (κ1) is 13.1. The Morgan fingerprint density at radius 2 is 1.74 bits per heavy atom. The van der Waals surface area contributed by atoms with Crippen LogP contribution in [0.4, 0.5) is 4.79 Å². The molecule has 4 amide bonds. The Morgan fingerprint density at radius 1 is 1.16 bits per heavy atom. The van der Waals surface area contributed by atoms with Crippen LogP contribution in [-0.2, 0) is 14.3 Å². The van der Waals surface area contributed by atoms with Crippen molar-refractivity contribution in [3.05, 3.63) is 23.6 Å². The fourth-order valence-corrected chi connectivity index (χ4v) is 1.68. The van der Waals surface area contributed by atoms with Crippen molar-refractivity contribution < 1.29 is 19.1 Å². The van der Waals surface area contributed by atoms with E-state index >= 15 is 0 Å². The summed E-state index contributed by atoms with van der Waals surface area (Å²) in [6.45, 7) is 4.55. The van der Waals surface area contributed by atoms with E-state index in [0.717, 1.165) is 0 Å². The van der Waals surface area contributed by atoms with Crippen LogP contribution in [0.25, 0.3) is 0 Å². The smallest absolute Gasteiger partial charge is 0.328 e. The molecule has 2 fully saturated rings. The summed E-state index contributed by atoms with van der Waals surface area (Å²) < 4.78 is 5.48. The monoisotopic (exact) mass is 265 g/mol. The van der Waals surface area contributed by atoms with Crippen molar-refractivity contribution >= 4 is 17.8 Å². The molecule has 0 aliphatic carbocycles. The summed E-state index contributed by atoms with van der Waals surface area (Å²) in [6.07, 6.45) is 2.88. The van der Waals surface area contributed by atoms with Crippen molar-refractivity contribution in [3.8, 4) is 0 Å². The molecule has 0 atom stereocenters. The molecule has 7 heteroatoms. The minimum atomic E-state index is -0.810. The topological polar surface area (TPSA) is 87.7 Å². The average molecular weight is 265 g/mol. The van der Waals surface area contributed by atoms with E-state index in [1.807, 2.05) is 36.4 Å². The van der Waals surface area contributed by atoms with Crippen molar-refractivity contribution in [2.75, 3.05) is 13.7 Å². The lowest BCUT2D eigenvalue weighted by Gasteiger charge is -2.25. The van der Waals surface area contributed by atoms with Crippen LogP contribution < -0.4 is 10.6 Å². The summed E-state index contributed by atoms with van der Waals surface area (Å²) in [5.74, 6) is -0.869. The van der Waals surface area contributed by atoms with Gasteiger partial charge in [0.05, 0.1) is 5.54 Å². The lowest BCUT2D eigenvalue weighted by atomic mass is 10.1. The number of likely N-dealkylation sites (N-methyl/N-ethyl adjacent to an activating group) is 1. The van der Waals surface area contributed by atoms with E-state index in [9.17, 15) is 14.4 Å². The third-order valence-corrected chi connectivity index (χ3v) is 3.15. The lowest BCUT2D eigenvalue weighted by Crippen LogP contribution is -2.51. The zero-order valence-corrected chi connectivity index (χ0v) is 10.9. The molecule has 2 aliphatic heterocycles. The normalized spacial score (nSPS) is 24.2. The van der Waals surface area contributed by atoms with Gasteiger partial charge in [-0.2, -0.15) is 0 Å². The molecular weight excluding hydrogens is 250 g/mol. The zero-order chi connectivity index (χ0) is 14.2. The van der Waals surface area contributed by atoms with E-state index in [2.05, 4.69) is 0 Å². The van der Waals surface area contributed by atoms with E-state index in [4.69, 9.17) is 4.74 Å². The SMILES string of the molecule is CN1C(=CC=C2C(=O)NC(=O)NC2=O)OCC1(C)C. The maximum Gasteiger partial charge on any atom is 0.328 e. The molecule has 0 bridgehead atoms. The number of barbiturate groups is 1. The molecule has 2 rings (SSSR count). The number of carbonyl (C=O) groups is 3. The van der Waals surface area contributed by atoms with E-state index in [-0.39, 0.29) is 11.1 Å². The number of nitrogens with one attached hydrogen (secondary N) is 2. The summed E-state index contributed by atoms with van der Waals surface area (Å²) in [5.41, 5.74) is -0.272. The molecule has 0 saturated carbocycles. The summed E-state index contributed by atoms with van der Waals surface area (Å²) in [6, 6.07) is -0.810. The third-order valence-electron chi connectivity index (χ3n) is 3.15. The molecule has 0 spiro atoms. The second-order valence-electron chi connectivity index (χ2n) is 4.98. The molecule has 0 aromatic rings. The van der Waals surface area contributed by atoms with Gasteiger partial charge in [0.25, 0.3) is 11.8 Å². The number of imide groups is 2. The molecule has 19 heavy (non-hydrogen) atoms. The van der Waals surface area contributed by atoms with Gasteiger partial charge in [0, 0.05) is 7.05 Å². The van der Waals surface area contributed by atoms with E-state index in [1.54, 1.807) is 6.08 Å². The van der Waals surface area contributed by atoms with Crippen LogP contribution in [0.2, 0.25) is 0 Å². The third kappa shape index (κ3) is 2.44. The first-order chi connectivity index (χ1) is 8.81. The number of hydrogen-bond donors (Lipinski definition) is 2. The second kappa shape index (κ2) is 4.42. The van der Waals surface area contributed by atoms with Crippen molar-refractivity contribution in [1.82, 2.24) is 15.5 Å². The molecule has 0 aromatic carbocycles. The number of amides is 4. The molecule has 2 saturated heterocycles. The van der Waals surface area contributed by atoms with Gasteiger partial charge in [-0.05, 0) is 26.0 Å². The lowest BCUT2D eigenvalue weighted by molar-refractivity contribution is -0.124. The Bertz CT molecular complexity index is 497. The predicted molar refractivity (Wildman–Crippen MR) is 65.6 cm³/mol. The highest BCUT2D eigenvalue weighted by molar-refractivity contribution is 6.29. The standard InChI is InChI=1S/C12H15N3O4/c1-12(2)6-19-8(15(12)3)5-4-7-9(16)13-11(18)14-10(7)17/h4-5H,6H2,1-3H3,(H2,13,14,16,17,18). The molecule has 2 aliphatic rings. The summed E-state index contributed by atoms with van der Waals surface area (Å²) in [7, 11) is 1.86. The maximum absolute atomic E-state index is 11.5. The minimum absolute atomic E-state index is 0.131. The van der Waals surface area contributed by atoms with Gasteiger partial charge >= 0.3 is 6.03 Å². The fourth-order valence-electron chi connectivity index (χ4n) is 1.68. The number of urea groups is 1.